The molecule has 0 aromatic heterocycles. The number of amides is 2. The van der Waals surface area contributed by atoms with Gasteiger partial charge in [0, 0.05) is 19.6 Å². The van der Waals surface area contributed by atoms with Crippen LogP contribution in [0, 0.1) is 0 Å². The zero-order chi connectivity index (χ0) is 33.3. The molecule has 1 atom stereocenters. The molecule has 1 unspecified atom stereocenters. The van der Waals surface area contributed by atoms with E-state index >= 15 is 0 Å². The number of alkyl halides is 9. The van der Waals surface area contributed by atoms with Crippen molar-refractivity contribution in [3.8, 4) is 5.75 Å². The van der Waals surface area contributed by atoms with Crippen molar-refractivity contribution in [1.82, 2.24) is 4.90 Å². The Morgan fingerprint density at radius 1 is 0.909 bits per heavy atom. The Morgan fingerprint density at radius 3 is 2.05 bits per heavy atom. The van der Waals surface area contributed by atoms with Crippen molar-refractivity contribution in [3.63, 3.8) is 0 Å². The van der Waals surface area contributed by atoms with Crippen LogP contribution in [0.5, 0.6) is 5.75 Å². The molecule has 0 saturated carbocycles. The molecule has 0 saturated heterocycles. The van der Waals surface area contributed by atoms with Crippen LogP contribution < -0.4 is 10.1 Å². The number of aliphatic carboxylic acids is 1. The highest BCUT2D eigenvalue weighted by molar-refractivity contribution is 6.33. The second kappa shape index (κ2) is 15.0. The largest absolute Gasteiger partial charge is 0.492 e. The van der Waals surface area contributed by atoms with Gasteiger partial charge in [-0.15, -0.1) is 0 Å². The minimum Gasteiger partial charge on any atom is -0.492 e. The van der Waals surface area contributed by atoms with Crippen molar-refractivity contribution in [2.24, 2.45) is 0 Å². The lowest BCUT2D eigenvalue weighted by Crippen LogP contribution is -2.62. The molecule has 2 aromatic carbocycles. The van der Waals surface area contributed by atoms with Crippen LogP contribution in [-0.4, -0.2) is 85.2 Å². The number of hydrogen-bond donors (Lipinski definition) is 2. The third-order valence-electron chi connectivity index (χ3n) is 5.78. The van der Waals surface area contributed by atoms with Gasteiger partial charge in [0.15, 0.2) is 6.10 Å². The second-order valence-electron chi connectivity index (χ2n) is 8.89. The summed E-state index contributed by atoms with van der Waals surface area (Å²) in [5.74, 6) is -15.1. The highest BCUT2D eigenvalue weighted by atomic mass is 35.5. The molecule has 44 heavy (non-hydrogen) atoms. The molecule has 246 valence electrons. The summed E-state index contributed by atoms with van der Waals surface area (Å²) in [5, 5.41) is 11.5. The predicted octanol–water partition coefficient (Wildman–Crippen LogP) is 6.73. The Morgan fingerprint density at radius 2 is 1.50 bits per heavy atom. The Kier molecular flexibility index (Phi) is 12.6. The Balaban J connectivity index is 2.10. The highest BCUT2D eigenvalue weighted by Crippen LogP contribution is 2.53. The van der Waals surface area contributed by atoms with E-state index in [0.29, 0.717) is 10.5 Å². The molecule has 2 aromatic rings. The molecule has 0 fully saturated rings. The van der Waals surface area contributed by atoms with E-state index < -0.39 is 61.9 Å². The number of nitrogens with zero attached hydrogens (tertiary/aromatic N) is 1. The topological polar surface area (TPSA) is 97.3 Å². The van der Waals surface area contributed by atoms with E-state index in [0.717, 1.165) is 0 Å². The van der Waals surface area contributed by atoms with Crippen molar-refractivity contribution in [1.29, 1.82) is 0 Å². The number of carboxylic acids is 1. The highest BCUT2D eigenvalue weighted by Gasteiger charge is 2.82. The molecular formula is C26H26ClF9N2O6. The number of nitrogens with one attached hydrogen (secondary N) is 1. The van der Waals surface area contributed by atoms with E-state index in [1.807, 2.05) is 0 Å². The Labute approximate surface area is 249 Å². The number of carbonyl (C=O) groups excluding carboxylic acids is 1. The summed E-state index contributed by atoms with van der Waals surface area (Å²) in [7, 11) is 0. The Hall–Kier alpha value is -3.44. The molecule has 0 heterocycles. The van der Waals surface area contributed by atoms with Gasteiger partial charge in [0.25, 0.3) is 0 Å². The fourth-order valence-corrected chi connectivity index (χ4v) is 3.62. The van der Waals surface area contributed by atoms with Gasteiger partial charge in [0.05, 0.1) is 23.9 Å². The molecule has 8 nitrogen and oxygen atoms in total. The van der Waals surface area contributed by atoms with Crippen LogP contribution in [0.15, 0.2) is 48.5 Å². The normalized spacial score (nSPS) is 13.3. The van der Waals surface area contributed by atoms with E-state index in [1.165, 1.54) is 48.5 Å². The SMILES string of the molecule is CCOC(Cc1ccc(OCCN(CCOC(F)(F)C(F)(F)C(F)(F)C(F)(F)F)C(=O)Nc2ccccc2Cl)cc1)C(=O)O. The number of rotatable bonds is 16. The molecule has 0 radical (unpaired) electrons. The first-order valence-corrected chi connectivity index (χ1v) is 12.9. The van der Waals surface area contributed by atoms with Crippen molar-refractivity contribution in [3.05, 3.63) is 59.1 Å². The van der Waals surface area contributed by atoms with Gasteiger partial charge in [0.1, 0.15) is 12.4 Å². The first kappa shape index (κ1) is 36.8. The molecular weight excluding hydrogens is 643 g/mol. The average molecular weight is 669 g/mol. The fourth-order valence-electron chi connectivity index (χ4n) is 3.44. The number of anilines is 1. The van der Waals surface area contributed by atoms with Crippen LogP contribution in [0.2, 0.25) is 5.02 Å². The minimum atomic E-state index is -7.13. The van der Waals surface area contributed by atoms with E-state index in [9.17, 15) is 54.2 Å². The van der Waals surface area contributed by atoms with Crippen LogP contribution in [-0.2, 0) is 20.7 Å². The Bertz CT molecular complexity index is 1250. The summed E-state index contributed by atoms with van der Waals surface area (Å²) >= 11 is 5.96. The van der Waals surface area contributed by atoms with Gasteiger partial charge >= 0.3 is 36.1 Å². The zero-order valence-electron chi connectivity index (χ0n) is 22.7. The van der Waals surface area contributed by atoms with Gasteiger partial charge < -0.3 is 29.5 Å². The van der Waals surface area contributed by atoms with E-state index in [1.54, 1.807) is 6.92 Å². The lowest BCUT2D eigenvalue weighted by Gasteiger charge is -2.33. The third-order valence-corrected chi connectivity index (χ3v) is 6.11. The number of para-hydroxylation sites is 1. The molecule has 2 rings (SSSR count). The van der Waals surface area contributed by atoms with Gasteiger partial charge in [-0.25, -0.2) is 9.59 Å². The second-order valence-corrected chi connectivity index (χ2v) is 9.29. The van der Waals surface area contributed by atoms with E-state index in [4.69, 9.17) is 21.1 Å². The summed E-state index contributed by atoms with van der Waals surface area (Å²) in [5.41, 5.74) is 0.611. The predicted molar refractivity (Wildman–Crippen MR) is 138 cm³/mol. The molecule has 0 aliphatic rings. The monoisotopic (exact) mass is 668 g/mol. The van der Waals surface area contributed by atoms with Gasteiger partial charge in [-0.05, 0) is 36.8 Å². The third kappa shape index (κ3) is 9.28. The summed E-state index contributed by atoms with van der Waals surface area (Å²) in [6.07, 6.45) is -14.3. The average Bonchev–Trinajstić information content (AvgIpc) is 2.93. The number of urea groups is 1. The number of benzene rings is 2. The number of ether oxygens (including phenoxy) is 3. The van der Waals surface area contributed by atoms with Gasteiger partial charge in [0.2, 0.25) is 0 Å². The standard InChI is InChI=1S/C26H26ClF9N2O6/c1-2-42-20(21(39)40)15-16-7-9-17(10-8-16)43-13-11-38(22(41)37-19-6-4-3-5-18(19)27)12-14-44-26(35,36)24(30,31)23(28,29)25(32,33)34/h3-10,20H,2,11-15H2,1H3,(H,37,41)(H,39,40). The fraction of sp³-hybridized carbons (Fsp3) is 0.462. The van der Waals surface area contributed by atoms with Crippen LogP contribution in [0.3, 0.4) is 0 Å². The maximum Gasteiger partial charge on any atom is 0.460 e. The van der Waals surface area contributed by atoms with Crippen molar-refractivity contribution >= 4 is 29.3 Å². The van der Waals surface area contributed by atoms with E-state index in [2.05, 4.69) is 10.1 Å². The summed E-state index contributed by atoms with van der Waals surface area (Å²) in [6.45, 7) is -1.59. The summed E-state index contributed by atoms with van der Waals surface area (Å²) < 4.78 is 132. The molecule has 18 heteroatoms. The lowest BCUT2D eigenvalue weighted by molar-refractivity contribution is -0.443. The summed E-state index contributed by atoms with van der Waals surface area (Å²) in [6, 6.07) is 10.6. The van der Waals surface area contributed by atoms with Gasteiger partial charge in [-0.2, -0.15) is 39.5 Å². The molecule has 0 bridgehead atoms. The molecule has 0 aliphatic heterocycles. The number of carbonyl (C=O) groups is 2. The molecule has 2 amide bonds. The van der Waals surface area contributed by atoms with Crippen LogP contribution in [0.4, 0.5) is 50.0 Å². The lowest BCUT2D eigenvalue weighted by atomic mass is 10.1. The van der Waals surface area contributed by atoms with Crippen LogP contribution in [0.1, 0.15) is 12.5 Å². The number of halogens is 10. The van der Waals surface area contributed by atoms with Gasteiger partial charge in [-0.3, -0.25) is 0 Å². The molecule has 0 aliphatic carbocycles. The van der Waals surface area contributed by atoms with Crippen molar-refractivity contribution < 1.29 is 68.4 Å². The minimum absolute atomic E-state index is 0.0370. The van der Waals surface area contributed by atoms with E-state index in [-0.39, 0.29) is 36.1 Å². The molecule has 2 N–H and O–H groups in total. The quantitative estimate of drug-likeness (QED) is 0.193. The van der Waals surface area contributed by atoms with Crippen molar-refractivity contribution in [2.75, 3.05) is 38.2 Å². The first-order chi connectivity index (χ1) is 20.3. The first-order valence-electron chi connectivity index (χ1n) is 12.5. The maximum absolute atomic E-state index is 13.8. The number of carboxylic acid groups (broad SMARTS) is 1. The number of hydrogen-bond acceptors (Lipinski definition) is 5. The van der Waals surface area contributed by atoms with Crippen molar-refractivity contribution in [2.45, 2.75) is 43.6 Å². The smallest absolute Gasteiger partial charge is 0.460 e. The van der Waals surface area contributed by atoms with Crippen LogP contribution >= 0.6 is 11.6 Å². The van der Waals surface area contributed by atoms with Crippen LogP contribution in [0.25, 0.3) is 0 Å². The maximum atomic E-state index is 13.8. The summed E-state index contributed by atoms with van der Waals surface area (Å²) in [4.78, 5) is 24.7. The van der Waals surface area contributed by atoms with Gasteiger partial charge in [-0.1, -0.05) is 35.9 Å². The zero-order valence-corrected chi connectivity index (χ0v) is 23.4. The molecule has 0 spiro atoms.